The van der Waals surface area contributed by atoms with Crippen molar-refractivity contribution in [2.24, 2.45) is 5.10 Å². The Morgan fingerprint density at radius 1 is 0.962 bits per heavy atom. The molecule has 6 nitrogen and oxygen atoms in total. The van der Waals surface area contributed by atoms with Crippen molar-refractivity contribution in [2.75, 3.05) is 26.8 Å². The second kappa shape index (κ2) is 8.35. The van der Waals surface area contributed by atoms with Crippen LogP contribution in [0.4, 0.5) is 5.13 Å². The first-order chi connectivity index (χ1) is 12.7. The van der Waals surface area contributed by atoms with Gasteiger partial charge < -0.3 is 14.2 Å². The smallest absolute Gasteiger partial charge is 0.203 e. The van der Waals surface area contributed by atoms with Gasteiger partial charge in [0.2, 0.25) is 5.13 Å². The number of hydrogen-bond acceptors (Lipinski definition) is 7. The van der Waals surface area contributed by atoms with Gasteiger partial charge in [-0.1, -0.05) is 0 Å². The lowest BCUT2D eigenvalue weighted by atomic mass is 10.1. The van der Waals surface area contributed by atoms with Crippen molar-refractivity contribution in [1.29, 1.82) is 0 Å². The molecule has 134 valence electrons. The molecule has 0 aliphatic rings. The number of nitrogens with zero attached hydrogens (tertiary/aromatic N) is 2. The fourth-order valence-electron chi connectivity index (χ4n) is 2.31. The van der Waals surface area contributed by atoms with E-state index < -0.39 is 0 Å². The lowest BCUT2D eigenvalue weighted by Crippen LogP contribution is -1.92. The summed E-state index contributed by atoms with van der Waals surface area (Å²) >= 11 is 1.48. The fourth-order valence-corrected chi connectivity index (χ4v) is 2.97. The molecule has 0 spiro atoms. The Labute approximate surface area is 156 Å². The van der Waals surface area contributed by atoms with Crippen LogP contribution in [0.15, 0.2) is 52.9 Å². The first-order valence-corrected chi connectivity index (χ1v) is 8.72. The predicted octanol–water partition coefficient (Wildman–Crippen LogP) is 4.28. The van der Waals surface area contributed by atoms with E-state index in [2.05, 4.69) is 15.5 Å². The molecule has 0 bridgehead atoms. The maximum absolute atomic E-state index is 5.34. The topological polar surface area (TPSA) is 65.0 Å². The van der Waals surface area contributed by atoms with Gasteiger partial charge in [0.15, 0.2) is 11.5 Å². The van der Waals surface area contributed by atoms with Crippen molar-refractivity contribution in [1.82, 2.24) is 4.98 Å². The summed E-state index contributed by atoms with van der Waals surface area (Å²) in [6, 6.07) is 13.4. The second-order valence-electron chi connectivity index (χ2n) is 5.25. The minimum absolute atomic E-state index is 0.671. The molecule has 1 heterocycles. The van der Waals surface area contributed by atoms with Crippen LogP contribution in [-0.4, -0.2) is 32.5 Å². The number of methoxy groups -OCH3 is 3. The quantitative estimate of drug-likeness (QED) is 0.497. The minimum Gasteiger partial charge on any atom is -0.497 e. The standard InChI is InChI=1S/C19H19N3O3S/c1-23-15-7-4-13(5-8-15)11-20-22-19-21-16(12-26-19)14-6-9-17(24-2)18(10-14)25-3/h4-12H,1-3H3,(H,21,22). The lowest BCUT2D eigenvalue weighted by molar-refractivity contribution is 0.355. The maximum atomic E-state index is 5.34. The van der Waals surface area contributed by atoms with E-state index in [1.54, 1.807) is 27.5 Å². The number of benzene rings is 2. The molecule has 0 aliphatic carbocycles. The summed E-state index contributed by atoms with van der Waals surface area (Å²) in [4.78, 5) is 4.55. The first kappa shape index (κ1) is 17.8. The highest BCUT2D eigenvalue weighted by atomic mass is 32.1. The Morgan fingerprint density at radius 2 is 1.73 bits per heavy atom. The van der Waals surface area contributed by atoms with Crippen LogP contribution in [0, 0.1) is 0 Å². The molecule has 0 fully saturated rings. The summed E-state index contributed by atoms with van der Waals surface area (Å²) in [5.41, 5.74) is 5.72. The Morgan fingerprint density at radius 3 is 2.42 bits per heavy atom. The summed E-state index contributed by atoms with van der Waals surface area (Å²) in [6.45, 7) is 0. The van der Waals surface area contributed by atoms with Crippen LogP contribution >= 0.6 is 11.3 Å². The minimum atomic E-state index is 0.671. The third-order valence-corrected chi connectivity index (χ3v) is 4.42. The highest BCUT2D eigenvalue weighted by molar-refractivity contribution is 7.14. The molecule has 0 unspecified atom stereocenters. The van der Waals surface area contributed by atoms with Crippen molar-refractivity contribution in [3.05, 3.63) is 53.4 Å². The normalized spacial score (nSPS) is 10.7. The SMILES string of the molecule is COc1ccc(C=NNc2nc(-c3ccc(OC)c(OC)c3)cs2)cc1. The summed E-state index contributed by atoms with van der Waals surface area (Å²) in [6.07, 6.45) is 1.73. The Bertz CT molecular complexity index is 891. The van der Waals surface area contributed by atoms with Crippen molar-refractivity contribution >= 4 is 22.7 Å². The molecule has 0 saturated heterocycles. The Kier molecular flexibility index (Phi) is 5.70. The summed E-state index contributed by atoms with van der Waals surface area (Å²) < 4.78 is 15.7. The third kappa shape index (κ3) is 4.12. The molecule has 0 atom stereocenters. The number of ether oxygens (including phenoxy) is 3. The van der Waals surface area contributed by atoms with E-state index >= 15 is 0 Å². The van der Waals surface area contributed by atoms with E-state index in [1.807, 2.05) is 47.8 Å². The number of thiazole rings is 1. The van der Waals surface area contributed by atoms with Crippen LogP contribution in [0.1, 0.15) is 5.56 Å². The van der Waals surface area contributed by atoms with Crippen LogP contribution in [0.3, 0.4) is 0 Å². The highest BCUT2D eigenvalue weighted by Crippen LogP contribution is 2.33. The number of anilines is 1. The van der Waals surface area contributed by atoms with E-state index in [0.29, 0.717) is 16.6 Å². The van der Waals surface area contributed by atoms with Crippen LogP contribution < -0.4 is 19.6 Å². The molecule has 0 radical (unpaired) electrons. The van der Waals surface area contributed by atoms with Crippen LogP contribution in [0.25, 0.3) is 11.3 Å². The summed E-state index contributed by atoms with van der Waals surface area (Å²) in [7, 11) is 4.87. The Hall–Kier alpha value is -3.06. The number of aromatic nitrogens is 1. The number of hydrogen-bond donors (Lipinski definition) is 1. The zero-order chi connectivity index (χ0) is 18.4. The van der Waals surface area contributed by atoms with E-state index in [-0.39, 0.29) is 0 Å². The van der Waals surface area contributed by atoms with Gasteiger partial charge in [-0.2, -0.15) is 5.10 Å². The van der Waals surface area contributed by atoms with Crippen molar-refractivity contribution in [2.45, 2.75) is 0 Å². The average Bonchev–Trinajstić information content (AvgIpc) is 3.17. The summed E-state index contributed by atoms with van der Waals surface area (Å²) in [5, 5.41) is 6.90. The number of rotatable bonds is 7. The maximum Gasteiger partial charge on any atom is 0.203 e. The van der Waals surface area contributed by atoms with E-state index in [4.69, 9.17) is 14.2 Å². The molecule has 0 amide bonds. The van der Waals surface area contributed by atoms with Gasteiger partial charge in [0.1, 0.15) is 5.75 Å². The third-order valence-electron chi connectivity index (χ3n) is 3.67. The zero-order valence-corrected chi connectivity index (χ0v) is 15.5. The lowest BCUT2D eigenvalue weighted by Gasteiger charge is -2.08. The van der Waals surface area contributed by atoms with Gasteiger partial charge in [-0.05, 0) is 48.0 Å². The molecule has 26 heavy (non-hydrogen) atoms. The molecule has 2 aromatic carbocycles. The van der Waals surface area contributed by atoms with Crippen LogP contribution in [-0.2, 0) is 0 Å². The number of hydrazone groups is 1. The fraction of sp³-hybridized carbons (Fsp3) is 0.158. The van der Waals surface area contributed by atoms with E-state index in [1.165, 1.54) is 11.3 Å². The van der Waals surface area contributed by atoms with Crippen molar-refractivity contribution in [3.63, 3.8) is 0 Å². The van der Waals surface area contributed by atoms with Crippen LogP contribution in [0.2, 0.25) is 0 Å². The van der Waals surface area contributed by atoms with Gasteiger partial charge in [-0.15, -0.1) is 11.3 Å². The molecule has 0 aliphatic heterocycles. The second-order valence-corrected chi connectivity index (χ2v) is 6.11. The molecule has 3 aromatic rings. The largest absolute Gasteiger partial charge is 0.497 e. The zero-order valence-electron chi connectivity index (χ0n) is 14.7. The average molecular weight is 369 g/mol. The first-order valence-electron chi connectivity index (χ1n) is 7.84. The van der Waals surface area contributed by atoms with Crippen molar-refractivity contribution < 1.29 is 14.2 Å². The molecule has 7 heteroatoms. The molecule has 1 N–H and O–H groups in total. The van der Waals surface area contributed by atoms with E-state index in [9.17, 15) is 0 Å². The van der Waals surface area contributed by atoms with Gasteiger partial charge in [-0.3, -0.25) is 5.43 Å². The Balaban J connectivity index is 1.68. The predicted molar refractivity (Wildman–Crippen MR) is 105 cm³/mol. The highest BCUT2D eigenvalue weighted by Gasteiger charge is 2.09. The van der Waals surface area contributed by atoms with Gasteiger partial charge in [-0.25, -0.2) is 4.98 Å². The van der Waals surface area contributed by atoms with Crippen molar-refractivity contribution in [3.8, 4) is 28.5 Å². The van der Waals surface area contributed by atoms with Gasteiger partial charge in [0, 0.05) is 10.9 Å². The molecule has 0 saturated carbocycles. The number of nitrogens with one attached hydrogen (secondary N) is 1. The van der Waals surface area contributed by atoms with Gasteiger partial charge in [0.05, 0.1) is 33.2 Å². The van der Waals surface area contributed by atoms with E-state index in [0.717, 1.165) is 22.6 Å². The van der Waals surface area contributed by atoms with Crippen LogP contribution in [0.5, 0.6) is 17.2 Å². The van der Waals surface area contributed by atoms with Gasteiger partial charge in [0.25, 0.3) is 0 Å². The molecular formula is C19H19N3O3S. The monoisotopic (exact) mass is 369 g/mol. The molecule has 1 aromatic heterocycles. The molecular weight excluding hydrogens is 350 g/mol. The molecule has 3 rings (SSSR count). The summed E-state index contributed by atoms with van der Waals surface area (Å²) in [5.74, 6) is 2.17. The van der Waals surface area contributed by atoms with Gasteiger partial charge >= 0.3 is 0 Å².